The fourth-order valence-electron chi connectivity index (χ4n) is 1.35. The maximum atomic E-state index is 12.3. The molecule has 1 unspecified atom stereocenters. The second-order valence-electron chi connectivity index (χ2n) is 4.94. The highest BCUT2D eigenvalue weighted by Crippen LogP contribution is 2.36. The van der Waals surface area contributed by atoms with Gasteiger partial charge in [0.25, 0.3) is 0 Å². The van der Waals surface area contributed by atoms with Crippen molar-refractivity contribution in [1.82, 2.24) is 4.98 Å². The van der Waals surface area contributed by atoms with Gasteiger partial charge < -0.3 is 5.73 Å². The summed E-state index contributed by atoms with van der Waals surface area (Å²) in [4.78, 5) is 3.84. The van der Waals surface area contributed by atoms with Crippen LogP contribution >= 0.6 is 11.3 Å². The first-order valence-corrected chi connectivity index (χ1v) is 5.70. The van der Waals surface area contributed by atoms with E-state index in [2.05, 4.69) is 4.98 Å². The van der Waals surface area contributed by atoms with Gasteiger partial charge in [0.2, 0.25) is 0 Å². The van der Waals surface area contributed by atoms with Crippen LogP contribution in [0.15, 0.2) is 6.20 Å². The van der Waals surface area contributed by atoms with Gasteiger partial charge in [0.05, 0.1) is 0 Å². The highest BCUT2D eigenvalue weighted by molar-refractivity contribution is 7.11. The second kappa shape index (κ2) is 4.33. The predicted octanol–water partition coefficient (Wildman–Crippen LogP) is 3.60. The van der Waals surface area contributed by atoms with Crippen LogP contribution in [-0.4, -0.2) is 4.98 Å². The van der Waals surface area contributed by atoms with Crippen molar-refractivity contribution in [2.24, 2.45) is 11.1 Å². The monoisotopic (exact) mass is 252 g/mol. The lowest BCUT2D eigenvalue weighted by Crippen LogP contribution is -2.17. The molecule has 1 atom stereocenters. The number of hydrogen-bond donors (Lipinski definition) is 1. The zero-order chi connectivity index (χ0) is 12.6. The minimum Gasteiger partial charge on any atom is -0.323 e. The van der Waals surface area contributed by atoms with Crippen LogP contribution in [0.3, 0.4) is 0 Å². The van der Waals surface area contributed by atoms with Gasteiger partial charge in [0, 0.05) is 17.1 Å². The number of nitrogens with zero attached hydrogens (tertiary/aromatic N) is 1. The Morgan fingerprint density at radius 1 is 1.38 bits per heavy atom. The molecule has 1 heterocycles. The van der Waals surface area contributed by atoms with Crippen molar-refractivity contribution in [2.75, 3.05) is 0 Å². The number of rotatable bonds is 2. The summed E-state index contributed by atoms with van der Waals surface area (Å²) < 4.78 is 36.9. The lowest BCUT2D eigenvalue weighted by molar-refractivity contribution is -0.137. The Labute approximate surface area is 96.7 Å². The third-order valence-corrected chi connectivity index (χ3v) is 3.14. The minimum atomic E-state index is -4.37. The Hall–Kier alpha value is -0.620. The average Bonchev–Trinajstić information content (AvgIpc) is 2.46. The van der Waals surface area contributed by atoms with E-state index in [1.807, 2.05) is 20.8 Å². The zero-order valence-corrected chi connectivity index (χ0v) is 10.2. The Bertz CT molecular complexity index is 352. The molecule has 1 aromatic heterocycles. The van der Waals surface area contributed by atoms with Crippen LogP contribution in [0.4, 0.5) is 13.2 Å². The van der Waals surface area contributed by atoms with Crippen molar-refractivity contribution >= 4 is 11.3 Å². The van der Waals surface area contributed by atoms with Gasteiger partial charge in [-0.1, -0.05) is 20.8 Å². The second-order valence-corrected chi connectivity index (χ2v) is 6.00. The fraction of sp³-hybridized carbons (Fsp3) is 0.700. The van der Waals surface area contributed by atoms with Crippen molar-refractivity contribution in [3.05, 3.63) is 16.1 Å². The van der Waals surface area contributed by atoms with Gasteiger partial charge in [-0.2, -0.15) is 13.2 Å². The first kappa shape index (κ1) is 13.4. The van der Waals surface area contributed by atoms with Crippen molar-refractivity contribution in [2.45, 2.75) is 39.4 Å². The maximum absolute atomic E-state index is 12.3. The number of alkyl halides is 3. The topological polar surface area (TPSA) is 38.9 Å². The molecule has 16 heavy (non-hydrogen) atoms. The molecule has 0 spiro atoms. The molecule has 0 saturated carbocycles. The predicted molar refractivity (Wildman–Crippen MR) is 58.1 cm³/mol. The standard InChI is InChI=1S/C10H15F3N2S/c1-9(2,3)4-6(14)7-5-15-8(16-7)10(11,12)13/h5-6H,4,14H2,1-3H3. The molecule has 0 fully saturated rings. The normalized spacial score (nSPS) is 15.2. The number of aromatic nitrogens is 1. The molecule has 6 heteroatoms. The van der Waals surface area contributed by atoms with Crippen LogP contribution < -0.4 is 5.73 Å². The summed E-state index contributed by atoms with van der Waals surface area (Å²) in [6, 6.07) is -0.381. The fourth-order valence-corrected chi connectivity index (χ4v) is 2.13. The Morgan fingerprint density at radius 3 is 2.31 bits per heavy atom. The van der Waals surface area contributed by atoms with E-state index in [-0.39, 0.29) is 11.5 Å². The molecular formula is C10H15F3N2S. The molecule has 0 aliphatic heterocycles. The van der Waals surface area contributed by atoms with Crippen LogP contribution in [0.5, 0.6) is 0 Å². The number of hydrogen-bond acceptors (Lipinski definition) is 3. The van der Waals surface area contributed by atoms with E-state index >= 15 is 0 Å². The van der Waals surface area contributed by atoms with E-state index in [1.54, 1.807) is 0 Å². The first-order chi connectivity index (χ1) is 7.09. The lowest BCUT2D eigenvalue weighted by atomic mass is 9.88. The van der Waals surface area contributed by atoms with Crippen LogP contribution in [0, 0.1) is 5.41 Å². The highest BCUT2D eigenvalue weighted by Gasteiger charge is 2.35. The molecule has 2 nitrogen and oxygen atoms in total. The molecule has 92 valence electrons. The van der Waals surface area contributed by atoms with E-state index in [9.17, 15) is 13.2 Å². The molecule has 0 aliphatic rings. The van der Waals surface area contributed by atoms with Crippen molar-refractivity contribution in [1.29, 1.82) is 0 Å². The van der Waals surface area contributed by atoms with Crippen LogP contribution in [0.25, 0.3) is 0 Å². The molecule has 0 amide bonds. The molecule has 0 saturated heterocycles. The van der Waals surface area contributed by atoms with Gasteiger partial charge in [-0.05, 0) is 11.8 Å². The third-order valence-electron chi connectivity index (χ3n) is 1.96. The molecule has 0 bridgehead atoms. The van der Waals surface area contributed by atoms with Crippen molar-refractivity contribution in [3.8, 4) is 0 Å². The molecule has 2 N–H and O–H groups in total. The summed E-state index contributed by atoms with van der Waals surface area (Å²) in [5.41, 5.74) is 5.83. The first-order valence-electron chi connectivity index (χ1n) is 4.88. The maximum Gasteiger partial charge on any atom is 0.443 e. The summed E-state index contributed by atoms with van der Waals surface area (Å²) >= 11 is 0.627. The molecule has 1 rings (SSSR count). The van der Waals surface area contributed by atoms with Gasteiger partial charge >= 0.3 is 6.18 Å². The summed E-state index contributed by atoms with van der Waals surface area (Å²) in [7, 11) is 0. The quantitative estimate of drug-likeness (QED) is 0.873. The largest absolute Gasteiger partial charge is 0.443 e. The van der Waals surface area contributed by atoms with Crippen LogP contribution in [-0.2, 0) is 6.18 Å². The Kier molecular flexibility index (Phi) is 3.64. The smallest absolute Gasteiger partial charge is 0.323 e. The lowest BCUT2D eigenvalue weighted by Gasteiger charge is -2.21. The molecular weight excluding hydrogens is 237 g/mol. The molecule has 1 aromatic rings. The summed E-state index contributed by atoms with van der Waals surface area (Å²) in [5.74, 6) is 0. The molecule has 0 aromatic carbocycles. The number of nitrogens with two attached hydrogens (primary N) is 1. The average molecular weight is 252 g/mol. The van der Waals surface area contributed by atoms with Crippen molar-refractivity contribution in [3.63, 3.8) is 0 Å². The van der Waals surface area contributed by atoms with Gasteiger partial charge in [-0.15, -0.1) is 11.3 Å². The van der Waals surface area contributed by atoms with Crippen LogP contribution in [0.2, 0.25) is 0 Å². The third kappa shape index (κ3) is 3.75. The van der Waals surface area contributed by atoms with Gasteiger partial charge in [-0.3, -0.25) is 0 Å². The summed E-state index contributed by atoms with van der Waals surface area (Å²) in [5, 5.41) is -0.827. The molecule has 0 radical (unpaired) electrons. The van der Waals surface area contributed by atoms with Gasteiger partial charge in [0.15, 0.2) is 5.01 Å². The van der Waals surface area contributed by atoms with E-state index in [0.717, 1.165) is 0 Å². The van der Waals surface area contributed by atoms with E-state index in [0.29, 0.717) is 22.6 Å². The van der Waals surface area contributed by atoms with E-state index in [4.69, 9.17) is 5.73 Å². The summed E-state index contributed by atoms with van der Waals surface area (Å²) in [6.45, 7) is 6.00. The minimum absolute atomic E-state index is 0.0121. The highest BCUT2D eigenvalue weighted by atomic mass is 32.1. The number of halogens is 3. The molecule has 0 aliphatic carbocycles. The zero-order valence-electron chi connectivity index (χ0n) is 9.43. The number of thiazole rings is 1. The Morgan fingerprint density at radius 2 is 1.94 bits per heavy atom. The summed E-state index contributed by atoms with van der Waals surface area (Å²) in [6.07, 6.45) is -2.51. The SMILES string of the molecule is CC(C)(C)CC(N)c1cnc(C(F)(F)F)s1. The van der Waals surface area contributed by atoms with Crippen LogP contribution in [0.1, 0.15) is 43.1 Å². The van der Waals surface area contributed by atoms with Gasteiger partial charge in [-0.25, -0.2) is 4.98 Å². The van der Waals surface area contributed by atoms with E-state index < -0.39 is 11.2 Å². The van der Waals surface area contributed by atoms with Gasteiger partial charge in [0.1, 0.15) is 0 Å². The Balaban J connectivity index is 2.79. The van der Waals surface area contributed by atoms with E-state index in [1.165, 1.54) is 6.20 Å². The van der Waals surface area contributed by atoms with Crippen molar-refractivity contribution < 1.29 is 13.2 Å².